The molecule has 0 saturated carbocycles. The highest BCUT2D eigenvalue weighted by Crippen LogP contribution is 2.29. The zero-order valence-corrected chi connectivity index (χ0v) is 19.1. The van der Waals surface area contributed by atoms with Crippen molar-refractivity contribution in [1.82, 2.24) is 4.31 Å². The standard InChI is InChI=1S/C21H23BrN2O5S/c1-15-3-6-18(17(22)13-15)23-21(25)8-5-16-4-7-19(28-2)20(14-16)30(26,27)24-9-11-29-12-10-24/h3-8,13-14H,9-12H2,1-2H3,(H,23,25). The number of hydrogen-bond acceptors (Lipinski definition) is 5. The highest BCUT2D eigenvalue weighted by molar-refractivity contribution is 9.10. The number of carbonyl (C=O) groups excluding carboxylic acids is 1. The molecular weight excluding hydrogens is 472 g/mol. The van der Waals surface area contributed by atoms with Gasteiger partial charge in [0.25, 0.3) is 0 Å². The first-order valence-corrected chi connectivity index (χ1v) is 11.6. The molecule has 0 aromatic heterocycles. The van der Waals surface area contributed by atoms with Gasteiger partial charge in [0.1, 0.15) is 10.6 Å². The summed E-state index contributed by atoms with van der Waals surface area (Å²) >= 11 is 3.42. The summed E-state index contributed by atoms with van der Waals surface area (Å²) < 4.78 is 38.8. The second kappa shape index (κ2) is 9.74. The largest absolute Gasteiger partial charge is 0.495 e. The minimum Gasteiger partial charge on any atom is -0.495 e. The van der Waals surface area contributed by atoms with Gasteiger partial charge in [0.15, 0.2) is 0 Å². The van der Waals surface area contributed by atoms with E-state index in [2.05, 4.69) is 21.2 Å². The molecule has 1 saturated heterocycles. The van der Waals surface area contributed by atoms with Gasteiger partial charge in [0, 0.05) is 23.6 Å². The third-order valence-corrected chi connectivity index (χ3v) is 7.16. The molecule has 1 fully saturated rings. The van der Waals surface area contributed by atoms with Crippen molar-refractivity contribution in [3.63, 3.8) is 0 Å². The number of methoxy groups -OCH3 is 1. The van der Waals surface area contributed by atoms with Crippen LogP contribution in [-0.2, 0) is 19.6 Å². The number of hydrogen-bond donors (Lipinski definition) is 1. The quantitative estimate of drug-likeness (QED) is 0.621. The first-order chi connectivity index (χ1) is 14.3. The van der Waals surface area contributed by atoms with Gasteiger partial charge in [-0.25, -0.2) is 8.42 Å². The molecule has 30 heavy (non-hydrogen) atoms. The number of morpholine rings is 1. The van der Waals surface area contributed by atoms with E-state index in [1.807, 2.05) is 25.1 Å². The van der Waals surface area contributed by atoms with E-state index in [0.717, 1.165) is 10.0 Å². The Bertz CT molecular complexity index is 1060. The summed E-state index contributed by atoms with van der Waals surface area (Å²) in [4.78, 5) is 12.4. The summed E-state index contributed by atoms with van der Waals surface area (Å²) in [6.45, 7) is 3.26. The second-order valence-corrected chi connectivity index (χ2v) is 9.49. The molecule has 0 spiro atoms. The van der Waals surface area contributed by atoms with E-state index in [9.17, 15) is 13.2 Å². The molecule has 0 radical (unpaired) electrons. The fraction of sp³-hybridized carbons (Fsp3) is 0.286. The van der Waals surface area contributed by atoms with Crippen LogP contribution in [0.15, 0.2) is 51.8 Å². The van der Waals surface area contributed by atoms with Crippen molar-refractivity contribution in [2.45, 2.75) is 11.8 Å². The maximum absolute atomic E-state index is 13.0. The molecule has 1 aliphatic heterocycles. The van der Waals surface area contributed by atoms with Gasteiger partial charge in [-0.05, 0) is 64.3 Å². The smallest absolute Gasteiger partial charge is 0.248 e. The predicted molar refractivity (Wildman–Crippen MR) is 119 cm³/mol. The third kappa shape index (κ3) is 5.28. The Labute approximate surface area is 184 Å². The SMILES string of the molecule is COc1ccc(C=CC(=O)Nc2ccc(C)cc2Br)cc1S(=O)(=O)N1CCOCC1. The number of carbonyl (C=O) groups is 1. The van der Waals surface area contributed by atoms with Crippen molar-refractivity contribution in [2.24, 2.45) is 0 Å². The van der Waals surface area contributed by atoms with Gasteiger partial charge in [-0.15, -0.1) is 0 Å². The molecule has 160 valence electrons. The number of halogens is 1. The minimum absolute atomic E-state index is 0.0655. The van der Waals surface area contributed by atoms with Crippen LogP contribution in [0.4, 0.5) is 5.69 Å². The summed E-state index contributed by atoms with van der Waals surface area (Å²) in [5.41, 5.74) is 2.30. The van der Waals surface area contributed by atoms with Crippen LogP contribution in [0.5, 0.6) is 5.75 Å². The number of anilines is 1. The van der Waals surface area contributed by atoms with E-state index in [1.54, 1.807) is 18.2 Å². The minimum atomic E-state index is -3.74. The molecule has 0 atom stereocenters. The highest BCUT2D eigenvalue weighted by atomic mass is 79.9. The normalized spacial score (nSPS) is 15.3. The average molecular weight is 495 g/mol. The summed E-state index contributed by atoms with van der Waals surface area (Å²) in [6.07, 6.45) is 2.93. The lowest BCUT2D eigenvalue weighted by Gasteiger charge is -2.26. The molecule has 0 unspecified atom stereocenters. The lowest BCUT2D eigenvalue weighted by atomic mass is 10.2. The Morgan fingerprint density at radius 2 is 1.93 bits per heavy atom. The Kier molecular flexibility index (Phi) is 7.30. The Balaban J connectivity index is 1.81. The maximum atomic E-state index is 13.0. The molecular formula is C21H23BrN2O5S. The van der Waals surface area contributed by atoms with Crippen molar-refractivity contribution in [3.8, 4) is 5.75 Å². The van der Waals surface area contributed by atoms with Crippen LogP contribution in [0, 0.1) is 6.92 Å². The molecule has 1 heterocycles. The Morgan fingerprint density at radius 3 is 2.60 bits per heavy atom. The van der Waals surface area contributed by atoms with Crippen molar-refractivity contribution in [3.05, 3.63) is 58.1 Å². The fourth-order valence-corrected chi connectivity index (χ4v) is 5.18. The summed E-state index contributed by atoms with van der Waals surface area (Å²) in [5.74, 6) is -0.0698. The Hall–Kier alpha value is -2.20. The number of sulfonamides is 1. The zero-order valence-electron chi connectivity index (χ0n) is 16.7. The third-order valence-electron chi connectivity index (χ3n) is 4.59. The van der Waals surface area contributed by atoms with Crippen LogP contribution in [0.1, 0.15) is 11.1 Å². The van der Waals surface area contributed by atoms with Crippen LogP contribution in [-0.4, -0.2) is 52.0 Å². The van der Waals surface area contributed by atoms with Gasteiger partial charge in [0.2, 0.25) is 15.9 Å². The van der Waals surface area contributed by atoms with Crippen molar-refractivity contribution >= 4 is 43.6 Å². The molecule has 0 aliphatic carbocycles. The van der Waals surface area contributed by atoms with Crippen LogP contribution < -0.4 is 10.1 Å². The number of amides is 1. The monoisotopic (exact) mass is 494 g/mol. The number of aryl methyl sites for hydroxylation is 1. The van der Waals surface area contributed by atoms with E-state index in [4.69, 9.17) is 9.47 Å². The van der Waals surface area contributed by atoms with Gasteiger partial charge in [-0.3, -0.25) is 4.79 Å². The van der Waals surface area contributed by atoms with Crippen molar-refractivity contribution in [1.29, 1.82) is 0 Å². The average Bonchev–Trinajstić information content (AvgIpc) is 2.74. The lowest BCUT2D eigenvalue weighted by Crippen LogP contribution is -2.40. The molecule has 1 amide bonds. The van der Waals surface area contributed by atoms with Gasteiger partial charge < -0.3 is 14.8 Å². The topological polar surface area (TPSA) is 84.9 Å². The number of nitrogens with one attached hydrogen (secondary N) is 1. The van der Waals surface area contributed by atoms with Gasteiger partial charge in [-0.1, -0.05) is 12.1 Å². The molecule has 0 bridgehead atoms. The number of ether oxygens (including phenoxy) is 2. The van der Waals surface area contributed by atoms with Crippen LogP contribution >= 0.6 is 15.9 Å². The van der Waals surface area contributed by atoms with E-state index in [0.29, 0.717) is 37.6 Å². The van der Waals surface area contributed by atoms with Crippen molar-refractivity contribution in [2.75, 3.05) is 38.7 Å². The Morgan fingerprint density at radius 1 is 1.20 bits per heavy atom. The first kappa shape index (κ1) is 22.5. The summed E-state index contributed by atoms with van der Waals surface area (Å²) in [5, 5.41) is 2.79. The number of rotatable bonds is 6. The molecule has 2 aromatic carbocycles. The predicted octanol–water partition coefficient (Wildman–Crippen LogP) is 3.44. The van der Waals surface area contributed by atoms with E-state index in [-0.39, 0.29) is 16.6 Å². The zero-order chi connectivity index (χ0) is 21.7. The maximum Gasteiger partial charge on any atom is 0.248 e. The lowest BCUT2D eigenvalue weighted by molar-refractivity contribution is -0.111. The van der Waals surface area contributed by atoms with Gasteiger partial charge in [0.05, 0.1) is 26.0 Å². The molecule has 1 aliphatic rings. The van der Waals surface area contributed by atoms with Crippen LogP contribution in [0.3, 0.4) is 0 Å². The molecule has 1 N–H and O–H groups in total. The highest BCUT2D eigenvalue weighted by Gasteiger charge is 2.29. The number of nitrogens with zero attached hydrogens (tertiary/aromatic N) is 1. The first-order valence-electron chi connectivity index (χ1n) is 9.32. The van der Waals surface area contributed by atoms with E-state index in [1.165, 1.54) is 23.6 Å². The summed E-state index contributed by atoms with van der Waals surface area (Å²) in [6, 6.07) is 10.4. The molecule has 2 aromatic rings. The van der Waals surface area contributed by atoms with E-state index < -0.39 is 10.0 Å². The van der Waals surface area contributed by atoms with E-state index >= 15 is 0 Å². The number of benzene rings is 2. The van der Waals surface area contributed by atoms with Gasteiger partial charge >= 0.3 is 0 Å². The fourth-order valence-electron chi connectivity index (χ4n) is 2.99. The molecule has 3 rings (SSSR count). The molecule has 9 heteroatoms. The van der Waals surface area contributed by atoms with Gasteiger partial charge in [-0.2, -0.15) is 4.31 Å². The van der Waals surface area contributed by atoms with Crippen molar-refractivity contribution < 1.29 is 22.7 Å². The van der Waals surface area contributed by atoms with Crippen LogP contribution in [0.25, 0.3) is 6.08 Å². The molecule has 7 nitrogen and oxygen atoms in total. The van der Waals surface area contributed by atoms with Crippen LogP contribution in [0.2, 0.25) is 0 Å². The second-order valence-electron chi connectivity index (χ2n) is 6.73. The summed E-state index contributed by atoms with van der Waals surface area (Å²) in [7, 11) is -2.31.